The highest BCUT2D eigenvalue weighted by Gasteiger charge is 2.47. The Morgan fingerprint density at radius 2 is 2.08 bits per heavy atom. The van der Waals surface area contributed by atoms with E-state index in [1.54, 1.807) is 0 Å². The van der Waals surface area contributed by atoms with Gasteiger partial charge in [-0.25, -0.2) is 0 Å². The van der Waals surface area contributed by atoms with Crippen molar-refractivity contribution >= 4 is 11.8 Å². The summed E-state index contributed by atoms with van der Waals surface area (Å²) in [5.41, 5.74) is 0.0788. The van der Waals surface area contributed by atoms with E-state index in [2.05, 4.69) is 6.92 Å². The Labute approximate surface area is 149 Å². The Bertz CT molecular complexity index is 680. The molecule has 1 fully saturated rings. The lowest BCUT2D eigenvalue weighted by atomic mass is 9.74. The highest BCUT2D eigenvalue weighted by Crippen LogP contribution is 2.37. The van der Waals surface area contributed by atoms with Crippen molar-refractivity contribution in [1.29, 1.82) is 0 Å². The number of carbonyl (C=O) groups is 2. The number of amides is 2. The SMILES string of the molecule is CCCCOC1CCC(=O)N1C(=O)C1(c2ccccc2)C=CC=CC1. The molecule has 0 radical (unpaired) electrons. The van der Waals surface area contributed by atoms with Crippen molar-refractivity contribution in [3.05, 3.63) is 60.2 Å². The highest BCUT2D eigenvalue weighted by atomic mass is 16.5. The molecule has 0 bridgehead atoms. The molecule has 0 aromatic heterocycles. The summed E-state index contributed by atoms with van der Waals surface area (Å²) in [6.45, 7) is 2.67. The molecule has 1 saturated heterocycles. The van der Waals surface area contributed by atoms with Crippen molar-refractivity contribution in [2.24, 2.45) is 0 Å². The second-order valence-electron chi connectivity index (χ2n) is 6.62. The van der Waals surface area contributed by atoms with Gasteiger partial charge in [-0.15, -0.1) is 0 Å². The fourth-order valence-corrected chi connectivity index (χ4v) is 3.49. The summed E-state index contributed by atoms with van der Waals surface area (Å²) in [4.78, 5) is 27.3. The first kappa shape index (κ1) is 17.6. The van der Waals surface area contributed by atoms with Crippen molar-refractivity contribution in [2.75, 3.05) is 6.61 Å². The number of carbonyl (C=O) groups excluding carboxylic acids is 2. The summed E-state index contributed by atoms with van der Waals surface area (Å²) in [6, 6.07) is 9.70. The van der Waals surface area contributed by atoms with E-state index < -0.39 is 11.6 Å². The summed E-state index contributed by atoms with van der Waals surface area (Å²) in [5, 5.41) is 0. The molecule has 0 spiro atoms. The first-order valence-corrected chi connectivity index (χ1v) is 9.07. The topological polar surface area (TPSA) is 46.6 Å². The molecule has 1 aromatic carbocycles. The molecule has 1 aromatic rings. The van der Waals surface area contributed by atoms with Crippen molar-refractivity contribution in [3.63, 3.8) is 0 Å². The third-order valence-corrected chi connectivity index (χ3v) is 4.93. The monoisotopic (exact) mass is 339 g/mol. The molecule has 25 heavy (non-hydrogen) atoms. The predicted octanol–water partition coefficient (Wildman–Crippen LogP) is 3.73. The van der Waals surface area contributed by atoms with Crippen LogP contribution in [0.5, 0.6) is 0 Å². The summed E-state index contributed by atoms with van der Waals surface area (Å²) < 4.78 is 5.86. The first-order chi connectivity index (χ1) is 12.2. The van der Waals surface area contributed by atoms with Crippen molar-refractivity contribution in [2.45, 2.75) is 50.7 Å². The standard InChI is InChI=1S/C21H25NO3/c1-2-3-16-25-19-13-12-18(23)22(19)20(24)21(14-8-5-9-15-21)17-10-6-4-7-11-17/h4-11,14,19H,2-3,12-13,15-16H2,1H3. The molecular weight excluding hydrogens is 314 g/mol. The second kappa shape index (κ2) is 7.79. The number of ether oxygens (including phenoxy) is 1. The van der Waals surface area contributed by atoms with Gasteiger partial charge in [0.25, 0.3) is 0 Å². The van der Waals surface area contributed by atoms with E-state index >= 15 is 0 Å². The third kappa shape index (κ3) is 3.45. The Balaban J connectivity index is 1.90. The minimum Gasteiger partial charge on any atom is -0.358 e. The number of hydrogen-bond donors (Lipinski definition) is 0. The zero-order valence-electron chi connectivity index (χ0n) is 14.7. The molecule has 4 heteroatoms. The molecule has 1 aliphatic carbocycles. The van der Waals surface area contributed by atoms with Crippen LogP contribution in [0.2, 0.25) is 0 Å². The molecule has 1 aliphatic heterocycles. The zero-order valence-corrected chi connectivity index (χ0v) is 14.7. The van der Waals surface area contributed by atoms with Crippen molar-refractivity contribution in [1.82, 2.24) is 4.90 Å². The number of benzene rings is 1. The minimum absolute atomic E-state index is 0.134. The Morgan fingerprint density at radius 3 is 2.76 bits per heavy atom. The second-order valence-corrected chi connectivity index (χ2v) is 6.62. The Kier molecular flexibility index (Phi) is 5.49. The smallest absolute Gasteiger partial charge is 0.246 e. The van der Waals surface area contributed by atoms with Gasteiger partial charge < -0.3 is 4.74 Å². The van der Waals surface area contributed by atoms with Crippen LogP contribution < -0.4 is 0 Å². The van der Waals surface area contributed by atoms with E-state index in [0.29, 0.717) is 25.9 Å². The lowest BCUT2D eigenvalue weighted by Crippen LogP contribution is -2.50. The van der Waals surface area contributed by atoms with Crippen molar-refractivity contribution in [3.8, 4) is 0 Å². The number of hydrogen-bond acceptors (Lipinski definition) is 3. The summed E-state index contributed by atoms with van der Waals surface area (Å²) in [7, 11) is 0. The molecule has 0 saturated carbocycles. The van der Waals surface area contributed by atoms with E-state index in [4.69, 9.17) is 4.74 Å². The lowest BCUT2D eigenvalue weighted by Gasteiger charge is -2.35. The lowest BCUT2D eigenvalue weighted by molar-refractivity contribution is -0.156. The Morgan fingerprint density at radius 1 is 1.28 bits per heavy atom. The van der Waals surface area contributed by atoms with E-state index in [9.17, 15) is 9.59 Å². The van der Waals surface area contributed by atoms with Gasteiger partial charge in [0.05, 0.1) is 5.41 Å². The maximum absolute atomic E-state index is 13.5. The van der Waals surface area contributed by atoms with Crippen LogP contribution in [0.15, 0.2) is 54.6 Å². The van der Waals surface area contributed by atoms with Gasteiger partial charge in [-0.1, -0.05) is 68.0 Å². The first-order valence-electron chi connectivity index (χ1n) is 9.07. The maximum Gasteiger partial charge on any atom is 0.246 e. The van der Waals surface area contributed by atoms with E-state index in [1.807, 2.05) is 54.6 Å². The molecule has 2 atom stereocenters. The van der Waals surface area contributed by atoms with Gasteiger partial charge in [-0.3, -0.25) is 14.5 Å². The number of imide groups is 1. The van der Waals surface area contributed by atoms with E-state index in [1.165, 1.54) is 4.90 Å². The summed E-state index contributed by atoms with van der Waals surface area (Å²) in [6.07, 6.45) is 10.7. The van der Waals surface area contributed by atoms with E-state index in [-0.39, 0.29) is 11.8 Å². The maximum atomic E-state index is 13.5. The average molecular weight is 339 g/mol. The van der Waals surface area contributed by atoms with Crippen LogP contribution in [0, 0.1) is 0 Å². The molecule has 2 unspecified atom stereocenters. The van der Waals surface area contributed by atoms with Crippen molar-refractivity contribution < 1.29 is 14.3 Å². The molecular formula is C21H25NO3. The number of likely N-dealkylation sites (tertiary alicyclic amines) is 1. The predicted molar refractivity (Wildman–Crippen MR) is 96.8 cm³/mol. The zero-order chi connectivity index (χ0) is 17.7. The molecule has 132 valence electrons. The van der Waals surface area contributed by atoms with Crippen LogP contribution >= 0.6 is 0 Å². The molecule has 2 amide bonds. The van der Waals surface area contributed by atoms with Gasteiger partial charge in [0.2, 0.25) is 11.8 Å². The van der Waals surface area contributed by atoms with Gasteiger partial charge >= 0.3 is 0 Å². The summed E-state index contributed by atoms with van der Waals surface area (Å²) in [5.74, 6) is -0.312. The van der Waals surface area contributed by atoms with Crippen LogP contribution in [-0.4, -0.2) is 29.5 Å². The van der Waals surface area contributed by atoms with Gasteiger partial charge in [-0.2, -0.15) is 0 Å². The number of allylic oxidation sites excluding steroid dienone is 3. The molecule has 3 rings (SSSR count). The normalized spacial score (nSPS) is 25.6. The van der Waals surface area contributed by atoms with Crippen LogP contribution in [0.1, 0.15) is 44.6 Å². The van der Waals surface area contributed by atoms with Gasteiger partial charge in [0.1, 0.15) is 6.23 Å². The fourth-order valence-electron chi connectivity index (χ4n) is 3.49. The Hall–Kier alpha value is -2.20. The summed E-state index contributed by atoms with van der Waals surface area (Å²) >= 11 is 0. The minimum atomic E-state index is -0.831. The molecule has 1 heterocycles. The third-order valence-electron chi connectivity index (χ3n) is 4.93. The highest BCUT2D eigenvalue weighted by molar-refractivity contribution is 6.03. The van der Waals surface area contributed by atoms with Crippen LogP contribution in [0.25, 0.3) is 0 Å². The fraction of sp³-hybridized carbons (Fsp3) is 0.429. The molecule has 4 nitrogen and oxygen atoms in total. The van der Waals surface area contributed by atoms with Gasteiger partial charge in [0.15, 0.2) is 0 Å². The average Bonchev–Trinajstić information content (AvgIpc) is 3.03. The number of nitrogens with zero attached hydrogens (tertiary/aromatic N) is 1. The molecule has 0 N–H and O–H groups in total. The largest absolute Gasteiger partial charge is 0.358 e. The number of unbranched alkanes of at least 4 members (excludes halogenated alkanes) is 1. The quantitative estimate of drug-likeness (QED) is 0.586. The van der Waals surface area contributed by atoms with Gasteiger partial charge in [0, 0.05) is 19.4 Å². The molecule has 2 aliphatic rings. The van der Waals surface area contributed by atoms with Crippen LogP contribution in [0.4, 0.5) is 0 Å². The van der Waals surface area contributed by atoms with Crippen LogP contribution in [-0.2, 0) is 19.7 Å². The van der Waals surface area contributed by atoms with E-state index in [0.717, 1.165) is 18.4 Å². The number of rotatable bonds is 6. The van der Waals surface area contributed by atoms with Gasteiger partial charge in [-0.05, 0) is 18.4 Å². The van der Waals surface area contributed by atoms with Crippen LogP contribution in [0.3, 0.4) is 0 Å².